The van der Waals surface area contributed by atoms with E-state index < -0.39 is 0 Å². The number of H-pyrrole nitrogens is 1. The van der Waals surface area contributed by atoms with Crippen LogP contribution in [-0.2, 0) is 0 Å². The van der Waals surface area contributed by atoms with E-state index in [1.54, 1.807) is 38.1 Å². The second kappa shape index (κ2) is 5.09. The summed E-state index contributed by atoms with van der Waals surface area (Å²) >= 11 is 0. The zero-order chi connectivity index (χ0) is 15.0. The predicted molar refractivity (Wildman–Crippen MR) is 76.6 cm³/mol. The van der Waals surface area contributed by atoms with Gasteiger partial charge in [0.25, 0.3) is 0 Å². The molecule has 0 aliphatic heterocycles. The lowest BCUT2D eigenvalue weighted by Crippen LogP contribution is -1.87. The molecule has 0 aliphatic carbocycles. The lowest BCUT2D eigenvalue weighted by atomic mass is 10.1. The molecular formula is C16H13F2N3. The predicted octanol–water partition coefficient (Wildman–Crippen LogP) is 4.03. The molecule has 0 saturated carbocycles. The Morgan fingerprint density at radius 3 is 2.05 bits per heavy atom. The molecule has 0 saturated heterocycles. The molecule has 0 radical (unpaired) electrons. The number of hydrogen-bond donors (Lipinski definition) is 1. The number of halogens is 2. The standard InChI is InChI=1S/C16H13F2N3/c1-9-7-11(3-5-13(9)17)15-19-16(21-20-15)12-4-6-14(18)10(2)8-12/h3-8H,1-2H3,(H,19,20,21). The van der Waals surface area contributed by atoms with Gasteiger partial charge >= 0.3 is 0 Å². The number of hydrogen-bond acceptors (Lipinski definition) is 2. The fourth-order valence-electron chi connectivity index (χ4n) is 2.10. The maximum atomic E-state index is 13.3. The van der Waals surface area contributed by atoms with E-state index in [1.807, 2.05) is 0 Å². The first-order chi connectivity index (χ1) is 10.0. The molecule has 3 nitrogen and oxygen atoms in total. The van der Waals surface area contributed by atoms with E-state index >= 15 is 0 Å². The Balaban J connectivity index is 1.99. The quantitative estimate of drug-likeness (QED) is 0.772. The molecular weight excluding hydrogens is 272 g/mol. The minimum atomic E-state index is -0.260. The Bertz CT molecular complexity index is 743. The van der Waals surface area contributed by atoms with E-state index in [1.165, 1.54) is 12.1 Å². The highest BCUT2D eigenvalue weighted by atomic mass is 19.1. The van der Waals surface area contributed by atoms with Gasteiger partial charge in [-0.15, -0.1) is 0 Å². The Hall–Kier alpha value is -2.56. The van der Waals surface area contributed by atoms with Gasteiger partial charge in [-0.3, -0.25) is 5.10 Å². The summed E-state index contributed by atoms with van der Waals surface area (Å²) in [6.07, 6.45) is 0. The molecule has 3 aromatic rings. The van der Waals surface area contributed by atoms with Crippen LogP contribution in [0.25, 0.3) is 22.8 Å². The molecule has 0 bridgehead atoms. The van der Waals surface area contributed by atoms with Crippen molar-refractivity contribution in [3.8, 4) is 22.8 Å². The average Bonchev–Trinajstić information content (AvgIpc) is 2.94. The van der Waals surface area contributed by atoms with Gasteiger partial charge in [-0.2, -0.15) is 5.10 Å². The van der Waals surface area contributed by atoms with Gasteiger partial charge in [0, 0.05) is 11.1 Å². The summed E-state index contributed by atoms with van der Waals surface area (Å²) in [5.41, 5.74) is 2.57. The normalized spacial score (nSPS) is 10.9. The highest BCUT2D eigenvalue weighted by Crippen LogP contribution is 2.23. The summed E-state index contributed by atoms with van der Waals surface area (Å²) in [4.78, 5) is 4.38. The largest absolute Gasteiger partial charge is 0.259 e. The van der Waals surface area contributed by atoms with Gasteiger partial charge in [-0.05, 0) is 61.4 Å². The second-order valence-electron chi connectivity index (χ2n) is 4.94. The van der Waals surface area contributed by atoms with Crippen molar-refractivity contribution in [2.45, 2.75) is 13.8 Å². The number of benzene rings is 2. The molecule has 21 heavy (non-hydrogen) atoms. The molecule has 1 aromatic heterocycles. The topological polar surface area (TPSA) is 41.6 Å². The van der Waals surface area contributed by atoms with Gasteiger partial charge in [-0.1, -0.05) is 0 Å². The lowest BCUT2D eigenvalue weighted by molar-refractivity contribution is 0.618. The minimum absolute atomic E-state index is 0.257. The van der Waals surface area contributed by atoms with Crippen LogP contribution in [0.3, 0.4) is 0 Å². The Morgan fingerprint density at radius 2 is 1.43 bits per heavy atom. The van der Waals surface area contributed by atoms with Crippen LogP contribution in [-0.4, -0.2) is 15.2 Å². The molecule has 2 aromatic carbocycles. The van der Waals surface area contributed by atoms with Crippen molar-refractivity contribution < 1.29 is 8.78 Å². The second-order valence-corrected chi connectivity index (χ2v) is 4.94. The number of nitrogens with zero attached hydrogens (tertiary/aromatic N) is 2. The van der Waals surface area contributed by atoms with E-state index in [0.29, 0.717) is 22.8 Å². The summed E-state index contributed by atoms with van der Waals surface area (Å²) in [5.74, 6) is 0.515. The first-order valence-corrected chi connectivity index (χ1v) is 6.50. The van der Waals surface area contributed by atoms with Crippen LogP contribution in [0.1, 0.15) is 11.1 Å². The van der Waals surface area contributed by atoms with E-state index in [0.717, 1.165) is 11.1 Å². The zero-order valence-electron chi connectivity index (χ0n) is 11.6. The third-order valence-electron chi connectivity index (χ3n) is 3.33. The smallest absolute Gasteiger partial charge is 0.181 e. The Morgan fingerprint density at radius 1 is 0.857 bits per heavy atom. The van der Waals surface area contributed by atoms with Crippen molar-refractivity contribution in [2.24, 2.45) is 0 Å². The summed E-state index contributed by atoms with van der Waals surface area (Å²) < 4.78 is 26.6. The summed E-state index contributed by atoms with van der Waals surface area (Å²) in [6.45, 7) is 3.38. The Labute approximate surface area is 120 Å². The average molecular weight is 285 g/mol. The Kier molecular flexibility index (Phi) is 3.25. The molecule has 3 rings (SSSR count). The van der Waals surface area contributed by atoms with E-state index in [9.17, 15) is 8.78 Å². The minimum Gasteiger partial charge on any atom is -0.259 e. The van der Waals surface area contributed by atoms with Gasteiger partial charge < -0.3 is 0 Å². The lowest BCUT2D eigenvalue weighted by Gasteiger charge is -2.00. The molecule has 106 valence electrons. The third-order valence-corrected chi connectivity index (χ3v) is 3.33. The van der Waals surface area contributed by atoms with Crippen LogP contribution in [0.5, 0.6) is 0 Å². The van der Waals surface area contributed by atoms with Crippen LogP contribution in [0.15, 0.2) is 36.4 Å². The number of aryl methyl sites for hydroxylation is 2. The number of nitrogens with one attached hydrogen (secondary N) is 1. The molecule has 0 aliphatic rings. The highest BCUT2D eigenvalue weighted by Gasteiger charge is 2.10. The molecule has 1 heterocycles. The summed E-state index contributed by atoms with van der Waals surface area (Å²) in [6, 6.07) is 9.46. The third kappa shape index (κ3) is 2.54. The van der Waals surface area contributed by atoms with Gasteiger partial charge in [0.15, 0.2) is 11.6 Å². The molecule has 0 fully saturated rings. The van der Waals surface area contributed by atoms with Crippen molar-refractivity contribution in [3.63, 3.8) is 0 Å². The number of rotatable bonds is 2. The fraction of sp³-hybridized carbons (Fsp3) is 0.125. The van der Waals surface area contributed by atoms with Crippen molar-refractivity contribution in [1.29, 1.82) is 0 Å². The summed E-state index contributed by atoms with van der Waals surface area (Å²) in [7, 11) is 0. The summed E-state index contributed by atoms with van der Waals surface area (Å²) in [5, 5.41) is 6.96. The monoisotopic (exact) mass is 285 g/mol. The zero-order valence-corrected chi connectivity index (χ0v) is 11.6. The van der Waals surface area contributed by atoms with Crippen molar-refractivity contribution >= 4 is 0 Å². The molecule has 0 atom stereocenters. The fourth-order valence-corrected chi connectivity index (χ4v) is 2.10. The van der Waals surface area contributed by atoms with Gasteiger partial charge in [-0.25, -0.2) is 13.8 Å². The van der Waals surface area contributed by atoms with Gasteiger partial charge in [0.1, 0.15) is 11.6 Å². The highest BCUT2D eigenvalue weighted by molar-refractivity contribution is 5.62. The SMILES string of the molecule is Cc1cc(-c2n[nH]c(-c3ccc(F)c(C)c3)n2)ccc1F. The van der Waals surface area contributed by atoms with Crippen molar-refractivity contribution in [3.05, 3.63) is 59.2 Å². The van der Waals surface area contributed by atoms with Crippen LogP contribution >= 0.6 is 0 Å². The molecule has 0 amide bonds. The molecule has 0 spiro atoms. The molecule has 5 heteroatoms. The van der Waals surface area contributed by atoms with Crippen molar-refractivity contribution in [2.75, 3.05) is 0 Å². The first-order valence-electron chi connectivity index (χ1n) is 6.50. The van der Waals surface area contributed by atoms with E-state index in [-0.39, 0.29) is 11.6 Å². The van der Waals surface area contributed by atoms with Gasteiger partial charge in [0.05, 0.1) is 0 Å². The van der Waals surface area contributed by atoms with Crippen LogP contribution in [0.4, 0.5) is 8.78 Å². The van der Waals surface area contributed by atoms with E-state index in [2.05, 4.69) is 15.2 Å². The van der Waals surface area contributed by atoms with Crippen LogP contribution in [0, 0.1) is 25.5 Å². The van der Waals surface area contributed by atoms with Crippen molar-refractivity contribution in [1.82, 2.24) is 15.2 Å². The van der Waals surface area contributed by atoms with Crippen LogP contribution < -0.4 is 0 Å². The van der Waals surface area contributed by atoms with E-state index in [4.69, 9.17) is 0 Å². The maximum absolute atomic E-state index is 13.3. The van der Waals surface area contributed by atoms with Gasteiger partial charge in [0.2, 0.25) is 0 Å². The molecule has 1 N–H and O–H groups in total. The van der Waals surface area contributed by atoms with Crippen LogP contribution in [0.2, 0.25) is 0 Å². The molecule has 0 unspecified atom stereocenters. The number of aromatic amines is 1. The number of aromatic nitrogens is 3. The first kappa shape index (κ1) is 13.4. The maximum Gasteiger partial charge on any atom is 0.181 e.